The predicted octanol–water partition coefficient (Wildman–Crippen LogP) is 2.27. The first-order valence-electron chi connectivity index (χ1n) is 8.19. The van der Waals surface area contributed by atoms with Gasteiger partial charge in [0.2, 0.25) is 5.91 Å². The highest BCUT2D eigenvalue weighted by atomic mass is 16.5. The minimum absolute atomic E-state index is 0.0327. The number of ether oxygens (including phenoxy) is 2. The van der Waals surface area contributed by atoms with Crippen molar-refractivity contribution in [2.45, 2.75) is 45.3 Å². The van der Waals surface area contributed by atoms with Crippen LogP contribution in [0, 0.1) is 0 Å². The number of amides is 3. The van der Waals surface area contributed by atoms with Gasteiger partial charge in [-0.25, -0.2) is 4.79 Å². The summed E-state index contributed by atoms with van der Waals surface area (Å²) in [6.45, 7) is 4.47. The van der Waals surface area contributed by atoms with Gasteiger partial charge in [0, 0.05) is 12.6 Å². The second kappa shape index (κ2) is 8.42. The summed E-state index contributed by atoms with van der Waals surface area (Å²) in [5.41, 5.74) is 0.495. The van der Waals surface area contributed by atoms with Crippen LogP contribution in [0.2, 0.25) is 0 Å². The van der Waals surface area contributed by atoms with Gasteiger partial charge in [-0.3, -0.25) is 4.79 Å². The Morgan fingerprint density at radius 2 is 2.12 bits per heavy atom. The van der Waals surface area contributed by atoms with Gasteiger partial charge in [-0.15, -0.1) is 0 Å². The number of nitrogens with one attached hydrogen (secondary N) is 3. The molecule has 1 heterocycles. The van der Waals surface area contributed by atoms with Crippen LogP contribution in [0.5, 0.6) is 11.5 Å². The van der Waals surface area contributed by atoms with E-state index < -0.39 is 12.1 Å². The Bertz CT molecular complexity index is 589. The minimum Gasteiger partial charge on any atom is -0.497 e. The first kappa shape index (κ1) is 17.9. The zero-order valence-corrected chi connectivity index (χ0v) is 14.3. The highest BCUT2D eigenvalue weighted by Crippen LogP contribution is 2.30. The van der Waals surface area contributed by atoms with Crippen molar-refractivity contribution in [2.24, 2.45) is 0 Å². The van der Waals surface area contributed by atoms with Gasteiger partial charge < -0.3 is 25.4 Å². The van der Waals surface area contributed by atoms with E-state index in [1.807, 2.05) is 13.8 Å². The van der Waals surface area contributed by atoms with Gasteiger partial charge in [-0.05, 0) is 45.2 Å². The first-order valence-corrected chi connectivity index (χ1v) is 8.19. The molecule has 1 fully saturated rings. The Labute approximate surface area is 142 Å². The molecule has 24 heavy (non-hydrogen) atoms. The van der Waals surface area contributed by atoms with E-state index in [-0.39, 0.29) is 12.0 Å². The lowest BCUT2D eigenvalue weighted by atomic mass is 10.1. The monoisotopic (exact) mass is 335 g/mol. The lowest BCUT2D eigenvalue weighted by molar-refractivity contribution is -0.122. The number of benzene rings is 1. The molecule has 7 heteroatoms. The molecule has 0 radical (unpaired) electrons. The molecule has 3 amide bonds. The maximum Gasteiger partial charge on any atom is 0.319 e. The molecule has 0 unspecified atom stereocenters. The summed E-state index contributed by atoms with van der Waals surface area (Å²) in [5, 5.41) is 8.25. The summed E-state index contributed by atoms with van der Waals surface area (Å²) in [7, 11) is 1.55. The number of urea groups is 1. The molecule has 1 aliphatic rings. The van der Waals surface area contributed by atoms with Crippen molar-refractivity contribution in [3.05, 3.63) is 18.2 Å². The van der Waals surface area contributed by atoms with Crippen molar-refractivity contribution in [3.8, 4) is 11.5 Å². The smallest absolute Gasteiger partial charge is 0.319 e. The van der Waals surface area contributed by atoms with Crippen LogP contribution >= 0.6 is 0 Å². The second-order valence-corrected chi connectivity index (χ2v) is 5.97. The van der Waals surface area contributed by atoms with Crippen molar-refractivity contribution in [2.75, 3.05) is 19.0 Å². The van der Waals surface area contributed by atoms with E-state index in [1.54, 1.807) is 25.3 Å². The quantitative estimate of drug-likeness (QED) is 0.770. The van der Waals surface area contributed by atoms with E-state index in [2.05, 4.69) is 16.0 Å². The lowest BCUT2D eigenvalue weighted by Gasteiger charge is -2.18. The minimum atomic E-state index is -0.521. The second-order valence-electron chi connectivity index (χ2n) is 5.97. The molecular formula is C17H25N3O4. The first-order chi connectivity index (χ1) is 11.5. The van der Waals surface area contributed by atoms with Crippen molar-refractivity contribution >= 4 is 17.6 Å². The van der Waals surface area contributed by atoms with Crippen molar-refractivity contribution in [3.63, 3.8) is 0 Å². The van der Waals surface area contributed by atoms with Crippen LogP contribution in [0.25, 0.3) is 0 Å². The van der Waals surface area contributed by atoms with Crippen molar-refractivity contribution < 1.29 is 19.1 Å². The summed E-state index contributed by atoms with van der Waals surface area (Å²) in [5.74, 6) is 1.01. The molecule has 0 aliphatic carbocycles. The van der Waals surface area contributed by atoms with Gasteiger partial charge in [0.15, 0.2) is 0 Å². The third-order valence-electron chi connectivity index (χ3n) is 3.64. The normalized spacial score (nSPS) is 17.7. The molecule has 1 aromatic carbocycles. The van der Waals surface area contributed by atoms with Gasteiger partial charge in [-0.2, -0.15) is 0 Å². The zero-order chi connectivity index (χ0) is 17.5. The van der Waals surface area contributed by atoms with Crippen molar-refractivity contribution in [1.29, 1.82) is 0 Å². The Balaban J connectivity index is 2.07. The Kier molecular flexibility index (Phi) is 6.28. The molecule has 1 aromatic rings. The van der Waals surface area contributed by atoms with Crippen LogP contribution in [0.1, 0.15) is 33.1 Å². The Morgan fingerprint density at radius 3 is 2.83 bits per heavy atom. The Morgan fingerprint density at radius 1 is 1.33 bits per heavy atom. The number of methoxy groups -OCH3 is 1. The number of hydrogen-bond donors (Lipinski definition) is 3. The number of carbonyl (C=O) groups excluding carboxylic acids is 2. The predicted molar refractivity (Wildman–Crippen MR) is 91.6 cm³/mol. The van der Waals surface area contributed by atoms with Gasteiger partial charge in [0.1, 0.15) is 17.5 Å². The number of hydrogen-bond acceptors (Lipinski definition) is 4. The molecule has 7 nitrogen and oxygen atoms in total. The molecule has 1 saturated heterocycles. The third kappa shape index (κ3) is 5.04. The summed E-state index contributed by atoms with van der Waals surface area (Å²) in [4.78, 5) is 24.2. The third-order valence-corrected chi connectivity index (χ3v) is 3.64. The Hall–Kier alpha value is -2.44. The van der Waals surface area contributed by atoms with Gasteiger partial charge in [0.25, 0.3) is 0 Å². The fourth-order valence-electron chi connectivity index (χ4n) is 2.48. The molecule has 1 aliphatic heterocycles. The van der Waals surface area contributed by atoms with Crippen LogP contribution in [0.4, 0.5) is 10.5 Å². The highest BCUT2D eigenvalue weighted by molar-refractivity contribution is 5.95. The molecule has 1 atom stereocenters. The zero-order valence-electron chi connectivity index (χ0n) is 14.3. The van der Waals surface area contributed by atoms with Crippen LogP contribution < -0.4 is 25.4 Å². The van der Waals surface area contributed by atoms with E-state index in [4.69, 9.17) is 9.47 Å². The van der Waals surface area contributed by atoms with Gasteiger partial charge in [0.05, 0.1) is 18.9 Å². The fourth-order valence-corrected chi connectivity index (χ4v) is 2.48. The number of anilines is 1. The van der Waals surface area contributed by atoms with Gasteiger partial charge >= 0.3 is 6.03 Å². The summed E-state index contributed by atoms with van der Waals surface area (Å²) in [6, 6.07) is 4.23. The fraction of sp³-hybridized carbons (Fsp3) is 0.529. The molecular weight excluding hydrogens is 310 g/mol. The topological polar surface area (TPSA) is 88.7 Å². The average molecular weight is 335 g/mol. The van der Waals surface area contributed by atoms with E-state index in [0.717, 1.165) is 12.8 Å². The maximum absolute atomic E-state index is 12.3. The van der Waals surface area contributed by atoms with Crippen LogP contribution in [-0.4, -0.2) is 37.7 Å². The summed E-state index contributed by atoms with van der Waals surface area (Å²) in [6.07, 6.45) is 2.42. The largest absolute Gasteiger partial charge is 0.497 e. The van der Waals surface area contributed by atoms with Crippen LogP contribution in [0.3, 0.4) is 0 Å². The molecule has 3 N–H and O–H groups in total. The average Bonchev–Trinajstić information content (AvgIpc) is 2.73. The summed E-state index contributed by atoms with van der Waals surface area (Å²) >= 11 is 0. The van der Waals surface area contributed by atoms with Crippen LogP contribution in [0.15, 0.2) is 18.2 Å². The number of carbonyl (C=O) groups is 2. The lowest BCUT2D eigenvalue weighted by Crippen LogP contribution is -2.47. The van der Waals surface area contributed by atoms with Crippen molar-refractivity contribution in [1.82, 2.24) is 10.6 Å². The molecule has 2 rings (SSSR count). The maximum atomic E-state index is 12.3. The van der Waals surface area contributed by atoms with E-state index in [9.17, 15) is 9.59 Å². The van der Waals surface area contributed by atoms with Gasteiger partial charge in [-0.1, -0.05) is 0 Å². The summed E-state index contributed by atoms with van der Waals surface area (Å²) < 4.78 is 10.9. The molecule has 0 aromatic heterocycles. The number of rotatable bonds is 5. The molecule has 132 valence electrons. The van der Waals surface area contributed by atoms with E-state index >= 15 is 0 Å². The van der Waals surface area contributed by atoms with E-state index in [1.165, 1.54) is 0 Å². The molecule has 0 spiro atoms. The highest BCUT2D eigenvalue weighted by Gasteiger charge is 2.22. The molecule has 0 bridgehead atoms. The van der Waals surface area contributed by atoms with Crippen LogP contribution in [-0.2, 0) is 4.79 Å². The molecule has 0 saturated carbocycles. The standard InChI is InChI=1S/C17H25N3O4/c1-11(2)24-15-8-7-12(23-3)10-14(15)20-17(22)19-13-6-4-5-9-18-16(13)21/h7-8,10-11,13H,4-6,9H2,1-3H3,(H,18,21)(H2,19,20,22)/t13-/m1/s1. The SMILES string of the molecule is COc1ccc(OC(C)C)c(NC(=O)N[C@@H]2CCCCNC2=O)c1. The van der Waals surface area contributed by atoms with E-state index in [0.29, 0.717) is 30.2 Å².